The summed E-state index contributed by atoms with van der Waals surface area (Å²) >= 11 is 0. The van der Waals surface area contributed by atoms with Gasteiger partial charge in [0.2, 0.25) is 11.2 Å². The van der Waals surface area contributed by atoms with Gasteiger partial charge in [-0.1, -0.05) is 45.9 Å². The van der Waals surface area contributed by atoms with E-state index in [0.29, 0.717) is 5.92 Å². The fraction of sp³-hybridized carbons (Fsp3) is 0.333. The lowest BCUT2D eigenvalue weighted by atomic mass is 9.83. The van der Waals surface area contributed by atoms with Crippen LogP contribution in [0.15, 0.2) is 54.6 Å². The predicted molar refractivity (Wildman–Crippen MR) is 134 cm³/mol. The summed E-state index contributed by atoms with van der Waals surface area (Å²) < 4.78 is 2.36. The van der Waals surface area contributed by atoms with Crippen LogP contribution in [0.4, 0.5) is 0 Å². The van der Waals surface area contributed by atoms with Gasteiger partial charge in [-0.25, -0.2) is 0 Å². The average Bonchev–Trinajstić information content (AvgIpc) is 2.94. The molecule has 1 aliphatic rings. The monoisotopic (exact) mass is 421 g/mol. The molecular weight excluding hydrogens is 388 g/mol. The van der Waals surface area contributed by atoms with Crippen molar-refractivity contribution in [1.82, 2.24) is 4.98 Å². The topological polar surface area (TPSA) is 16.8 Å². The summed E-state index contributed by atoms with van der Waals surface area (Å²) in [5.74, 6) is 0.653. The van der Waals surface area contributed by atoms with Gasteiger partial charge < -0.3 is 0 Å². The normalized spacial score (nSPS) is 14.1. The van der Waals surface area contributed by atoms with Gasteiger partial charge in [0.15, 0.2) is 0 Å². The van der Waals surface area contributed by atoms with Crippen LogP contribution in [-0.2, 0) is 18.9 Å². The summed E-state index contributed by atoms with van der Waals surface area (Å²) in [6.45, 7) is 13.5. The van der Waals surface area contributed by atoms with Crippen LogP contribution in [0.1, 0.15) is 55.8 Å². The lowest BCUT2D eigenvalue weighted by molar-refractivity contribution is -0.633. The Hall–Kier alpha value is -3.00. The largest absolute Gasteiger partial charge is 0.257 e. The maximum absolute atomic E-state index is 4.94. The first kappa shape index (κ1) is 20.9. The number of hydrogen-bond donors (Lipinski definition) is 0. The van der Waals surface area contributed by atoms with Crippen LogP contribution in [0, 0.1) is 19.8 Å². The molecule has 4 aromatic rings. The van der Waals surface area contributed by atoms with Gasteiger partial charge in [-0.3, -0.25) is 4.98 Å². The molecule has 2 aromatic heterocycles. The highest BCUT2D eigenvalue weighted by Crippen LogP contribution is 2.49. The van der Waals surface area contributed by atoms with E-state index in [1.165, 1.54) is 55.7 Å². The molecule has 5 rings (SSSR count). The summed E-state index contributed by atoms with van der Waals surface area (Å²) in [7, 11) is 2.20. The molecule has 0 unspecified atom stereocenters. The Morgan fingerprint density at radius 1 is 0.875 bits per heavy atom. The van der Waals surface area contributed by atoms with E-state index in [2.05, 4.69) is 108 Å². The van der Waals surface area contributed by atoms with Crippen LogP contribution in [-0.4, -0.2) is 4.98 Å². The molecule has 1 aliphatic carbocycles. The Morgan fingerprint density at radius 2 is 1.62 bits per heavy atom. The number of pyridine rings is 2. The number of hydrogen-bond acceptors (Lipinski definition) is 1. The van der Waals surface area contributed by atoms with E-state index in [1.807, 2.05) is 0 Å². The Bertz CT molecular complexity index is 1380. The quantitative estimate of drug-likeness (QED) is 0.331. The third-order valence-electron chi connectivity index (χ3n) is 7.11. The van der Waals surface area contributed by atoms with Gasteiger partial charge in [-0.05, 0) is 72.7 Å². The second-order valence-electron chi connectivity index (χ2n) is 10.5. The summed E-state index contributed by atoms with van der Waals surface area (Å²) in [6.07, 6.45) is 1.11. The zero-order chi connectivity index (χ0) is 22.8. The minimum absolute atomic E-state index is 0.0721. The van der Waals surface area contributed by atoms with E-state index in [1.54, 1.807) is 0 Å². The van der Waals surface area contributed by atoms with Crippen molar-refractivity contribution in [2.45, 2.75) is 53.4 Å². The number of aromatic nitrogens is 2. The molecule has 2 heteroatoms. The molecule has 0 spiro atoms. The minimum atomic E-state index is -0.0721. The lowest BCUT2D eigenvalue weighted by Crippen LogP contribution is -2.32. The predicted octanol–water partition coefficient (Wildman–Crippen LogP) is 6.85. The fourth-order valence-corrected chi connectivity index (χ4v) is 5.40. The third-order valence-corrected chi connectivity index (χ3v) is 7.11. The molecule has 0 radical (unpaired) electrons. The van der Waals surface area contributed by atoms with Crippen LogP contribution >= 0.6 is 0 Å². The first-order valence-electron chi connectivity index (χ1n) is 11.7. The maximum atomic E-state index is 4.94. The van der Waals surface area contributed by atoms with E-state index >= 15 is 0 Å². The van der Waals surface area contributed by atoms with E-state index in [0.717, 1.165) is 12.1 Å². The summed E-state index contributed by atoms with van der Waals surface area (Å²) in [5, 5.41) is 1.29. The molecule has 162 valence electrons. The number of nitrogens with zero attached hydrogens (tertiary/aromatic N) is 2. The summed E-state index contributed by atoms with van der Waals surface area (Å²) in [4.78, 5) is 4.94. The Morgan fingerprint density at radius 3 is 2.38 bits per heavy atom. The first-order valence-corrected chi connectivity index (χ1v) is 11.7. The summed E-state index contributed by atoms with van der Waals surface area (Å²) in [5.41, 5.74) is 12.8. The fourth-order valence-electron chi connectivity index (χ4n) is 5.40. The van der Waals surface area contributed by atoms with Gasteiger partial charge >= 0.3 is 0 Å². The van der Waals surface area contributed by atoms with Crippen molar-refractivity contribution >= 4 is 10.9 Å². The van der Waals surface area contributed by atoms with E-state index in [4.69, 9.17) is 4.98 Å². The maximum Gasteiger partial charge on any atom is 0.213 e. The Balaban J connectivity index is 1.71. The van der Waals surface area contributed by atoms with E-state index in [9.17, 15) is 0 Å². The summed E-state index contributed by atoms with van der Waals surface area (Å²) in [6, 6.07) is 20.6. The third kappa shape index (κ3) is 3.16. The molecule has 32 heavy (non-hydrogen) atoms. The zero-order valence-electron chi connectivity index (χ0n) is 20.4. The Labute approximate surface area is 192 Å². The van der Waals surface area contributed by atoms with Gasteiger partial charge in [-0.15, -0.1) is 0 Å². The molecule has 2 nitrogen and oxygen atoms in total. The molecule has 2 aromatic carbocycles. The molecule has 0 N–H and O–H groups in total. The number of fused-ring (bicyclic) bond motifs is 4. The smallest absolute Gasteiger partial charge is 0.213 e. The highest BCUT2D eigenvalue weighted by atomic mass is 14.9. The van der Waals surface area contributed by atoms with Crippen molar-refractivity contribution in [3.05, 3.63) is 82.7 Å². The number of benzene rings is 2. The van der Waals surface area contributed by atoms with Gasteiger partial charge in [-0.2, -0.15) is 4.57 Å². The Kier molecular flexibility index (Phi) is 4.74. The van der Waals surface area contributed by atoms with Gasteiger partial charge in [0.05, 0.1) is 5.69 Å². The zero-order valence-corrected chi connectivity index (χ0v) is 20.4. The molecule has 0 fully saturated rings. The van der Waals surface area contributed by atoms with Gasteiger partial charge in [0, 0.05) is 39.8 Å². The lowest BCUT2D eigenvalue weighted by Gasteiger charge is -2.21. The molecule has 0 amide bonds. The van der Waals surface area contributed by atoms with Gasteiger partial charge in [0.25, 0.3) is 0 Å². The van der Waals surface area contributed by atoms with E-state index in [-0.39, 0.29) is 5.41 Å². The van der Waals surface area contributed by atoms with Crippen molar-refractivity contribution in [3.8, 4) is 22.4 Å². The number of rotatable bonds is 3. The molecule has 0 saturated heterocycles. The highest BCUT2D eigenvalue weighted by molar-refractivity contribution is 5.85. The average molecular weight is 422 g/mol. The van der Waals surface area contributed by atoms with Crippen molar-refractivity contribution in [2.24, 2.45) is 13.0 Å². The van der Waals surface area contributed by atoms with Crippen molar-refractivity contribution in [3.63, 3.8) is 0 Å². The second kappa shape index (κ2) is 7.27. The van der Waals surface area contributed by atoms with Crippen molar-refractivity contribution in [1.29, 1.82) is 0 Å². The molecule has 2 heterocycles. The molecule has 0 bridgehead atoms. The second-order valence-corrected chi connectivity index (χ2v) is 10.5. The molecular formula is C30H33N2+. The first-order chi connectivity index (χ1) is 15.2. The molecule has 0 saturated carbocycles. The van der Waals surface area contributed by atoms with Crippen LogP contribution in [0.25, 0.3) is 33.3 Å². The highest BCUT2D eigenvalue weighted by Gasteiger charge is 2.38. The van der Waals surface area contributed by atoms with Crippen molar-refractivity contribution < 1.29 is 4.57 Å². The van der Waals surface area contributed by atoms with E-state index < -0.39 is 0 Å². The minimum Gasteiger partial charge on any atom is -0.257 e. The molecule has 0 aliphatic heterocycles. The van der Waals surface area contributed by atoms with Gasteiger partial charge in [0.1, 0.15) is 7.05 Å². The van der Waals surface area contributed by atoms with Crippen LogP contribution in [0.2, 0.25) is 0 Å². The molecule has 0 atom stereocenters. The van der Waals surface area contributed by atoms with Crippen molar-refractivity contribution in [2.75, 3.05) is 0 Å². The SMILES string of the molecule is Cc1ccc2c(n1)C(C)(C)c1cc(C)c(-c3ccc4ccc(CC(C)C)cc4[n+]3C)cc1-2. The van der Waals surface area contributed by atoms with Crippen LogP contribution in [0.5, 0.6) is 0 Å². The number of aryl methyl sites for hydroxylation is 3. The standard InChI is InChI=1S/C30H33N2/c1-18(2)14-21-9-10-22-11-13-27(32(7)28(22)16-21)24-17-25-23-12-8-20(4)31-29(23)30(5,6)26(25)15-19(24)3/h8-13,15-18H,14H2,1-7H3/q+1. The van der Waals surface area contributed by atoms with Crippen LogP contribution in [0.3, 0.4) is 0 Å². The van der Waals surface area contributed by atoms with Crippen LogP contribution < -0.4 is 4.57 Å².